The highest BCUT2D eigenvalue weighted by atomic mass is 35.5. The van der Waals surface area contributed by atoms with Crippen molar-refractivity contribution >= 4 is 29.3 Å². The van der Waals surface area contributed by atoms with Crippen LogP contribution in [-0.2, 0) is 9.53 Å². The van der Waals surface area contributed by atoms with Gasteiger partial charge in [0.2, 0.25) is 0 Å². The normalized spacial score (nSPS) is 11.9. The number of ether oxygens (including phenoxy) is 2. The number of thioether (sulfide) groups is 1. The van der Waals surface area contributed by atoms with E-state index in [-0.39, 0.29) is 5.97 Å². The van der Waals surface area contributed by atoms with Crippen molar-refractivity contribution in [3.63, 3.8) is 0 Å². The van der Waals surface area contributed by atoms with Gasteiger partial charge in [-0.15, -0.1) is 0 Å². The van der Waals surface area contributed by atoms with Crippen molar-refractivity contribution in [1.82, 2.24) is 0 Å². The first-order valence-electron chi connectivity index (χ1n) is 6.51. The molecule has 1 aromatic rings. The molecule has 2 N–H and O–H groups in total. The molecule has 0 fully saturated rings. The topological polar surface area (TPSA) is 61.5 Å². The van der Waals surface area contributed by atoms with E-state index in [2.05, 4.69) is 0 Å². The van der Waals surface area contributed by atoms with Crippen LogP contribution < -0.4 is 10.5 Å². The maximum absolute atomic E-state index is 11.3. The van der Waals surface area contributed by atoms with E-state index in [4.69, 9.17) is 26.8 Å². The van der Waals surface area contributed by atoms with Crippen LogP contribution in [0.3, 0.4) is 0 Å². The Balaban J connectivity index is 2.05. The summed E-state index contributed by atoms with van der Waals surface area (Å²) in [6.45, 7) is 2.75. The van der Waals surface area contributed by atoms with Gasteiger partial charge >= 0.3 is 5.97 Å². The quantitative estimate of drug-likeness (QED) is 0.560. The Kier molecular flexibility index (Phi) is 8.49. The number of esters is 1. The summed E-state index contributed by atoms with van der Waals surface area (Å²) in [6, 6.07) is 6.73. The fourth-order valence-corrected chi connectivity index (χ4v) is 2.38. The van der Waals surface area contributed by atoms with E-state index < -0.39 is 6.04 Å². The van der Waals surface area contributed by atoms with Crippen LogP contribution in [-0.4, -0.2) is 36.7 Å². The summed E-state index contributed by atoms with van der Waals surface area (Å²) in [5, 5.41) is 0.694. The summed E-state index contributed by atoms with van der Waals surface area (Å²) in [6.07, 6.45) is 0.616. The molecule has 0 bridgehead atoms. The van der Waals surface area contributed by atoms with E-state index in [1.807, 2.05) is 12.1 Å². The van der Waals surface area contributed by atoms with Gasteiger partial charge in [-0.05, 0) is 43.4 Å². The number of nitrogens with two attached hydrogens (primary N) is 1. The molecule has 0 aliphatic carbocycles. The third-order valence-corrected chi connectivity index (χ3v) is 3.70. The summed E-state index contributed by atoms with van der Waals surface area (Å²) in [5.74, 6) is 2.13. The van der Waals surface area contributed by atoms with Crippen molar-refractivity contribution in [2.75, 3.05) is 24.7 Å². The van der Waals surface area contributed by atoms with Crippen LogP contribution in [0.25, 0.3) is 0 Å². The van der Waals surface area contributed by atoms with Crippen molar-refractivity contribution < 1.29 is 14.3 Å². The highest BCUT2D eigenvalue weighted by Gasteiger charge is 2.13. The van der Waals surface area contributed by atoms with Crippen molar-refractivity contribution in [3.05, 3.63) is 29.3 Å². The zero-order chi connectivity index (χ0) is 14.8. The Hall–Kier alpha value is -0.910. The van der Waals surface area contributed by atoms with Crippen molar-refractivity contribution in [2.45, 2.75) is 19.4 Å². The van der Waals surface area contributed by atoms with E-state index >= 15 is 0 Å². The fourth-order valence-electron chi connectivity index (χ4n) is 1.43. The molecule has 112 valence electrons. The van der Waals surface area contributed by atoms with Gasteiger partial charge in [-0.1, -0.05) is 11.6 Å². The Labute approximate surface area is 129 Å². The number of carbonyl (C=O) groups excluding carboxylic acids is 1. The smallest absolute Gasteiger partial charge is 0.322 e. The van der Waals surface area contributed by atoms with E-state index in [0.29, 0.717) is 24.7 Å². The van der Waals surface area contributed by atoms with Crippen LogP contribution in [0.4, 0.5) is 0 Å². The maximum Gasteiger partial charge on any atom is 0.322 e. The molecular weight excluding hydrogens is 298 g/mol. The van der Waals surface area contributed by atoms with E-state index in [1.165, 1.54) is 0 Å². The average Bonchev–Trinajstić information content (AvgIpc) is 2.44. The van der Waals surface area contributed by atoms with Crippen LogP contribution in [0.15, 0.2) is 24.3 Å². The summed E-state index contributed by atoms with van der Waals surface area (Å²) in [7, 11) is 0. The standard InChI is InChI=1S/C14H20ClNO3S/c1-2-18-14(17)13(16)7-9-20-10-8-19-12-5-3-11(15)4-6-12/h3-6,13H,2,7-10,16H2,1H3. The number of carbonyl (C=O) groups is 1. The molecule has 0 amide bonds. The molecule has 4 nitrogen and oxygen atoms in total. The van der Waals surface area contributed by atoms with Crippen LogP contribution in [0.5, 0.6) is 5.75 Å². The van der Waals surface area contributed by atoms with Gasteiger partial charge in [-0.3, -0.25) is 4.79 Å². The molecule has 0 saturated heterocycles. The van der Waals surface area contributed by atoms with Crippen LogP contribution >= 0.6 is 23.4 Å². The SMILES string of the molecule is CCOC(=O)C(N)CCSCCOc1ccc(Cl)cc1. The second-order valence-corrected chi connectivity index (χ2v) is 5.72. The Bertz CT molecular complexity index is 400. The molecule has 0 heterocycles. The molecule has 0 aliphatic heterocycles. The molecule has 20 heavy (non-hydrogen) atoms. The van der Waals surface area contributed by atoms with Gasteiger partial charge in [0.15, 0.2) is 0 Å². The molecule has 0 radical (unpaired) electrons. The Morgan fingerprint density at radius 1 is 1.35 bits per heavy atom. The molecule has 1 rings (SSSR count). The molecule has 1 aromatic carbocycles. The minimum absolute atomic E-state index is 0.328. The minimum Gasteiger partial charge on any atom is -0.493 e. The molecule has 1 unspecified atom stereocenters. The molecular formula is C14H20ClNO3S. The monoisotopic (exact) mass is 317 g/mol. The number of hydrogen-bond donors (Lipinski definition) is 1. The largest absolute Gasteiger partial charge is 0.493 e. The van der Waals surface area contributed by atoms with E-state index in [1.54, 1.807) is 30.8 Å². The first kappa shape index (κ1) is 17.1. The van der Waals surface area contributed by atoms with Crippen molar-refractivity contribution in [3.8, 4) is 5.75 Å². The van der Waals surface area contributed by atoms with E-state index in [9.17, 15) is 4.79 Å². The molecule has 0 aromatic heterocycles. The lowest BCUT2D eigenvalue weighted by molar-refractivity contribution is -0.144. The van der Waals surface area contributed by atoms with Crippen LogP contribution in [0.1, 0.15) is 13.3 Å². The van der Waals surface area contributed by atoms with Gasteiger partial charge in [-0.2, -0.15) is 11.8 Å². The van der Waals surface area contributed by atoms with Gasteiger partial charge in [0.05, 0.1) is 13.2 Å². The second-order valence-electron chi connectivity index (χ2n) is 4.06. The summed E-state index contributed by atoms with van der Waals surface area (Å²) in [4.78, 5) is 11.3. The second kappa shape index (κ2) is 9.91. The van der Waals surface area contributed by atoms with Gasteiger partial charge in [0, 0.05) is 10.8 Å². The predicted molar refractivity (Wildman–Crippen MR) is 83.5 cm³/mol. The average molecular weight is 318 g/mol. The number of hydrogen-bond acceptors (Lipinski definition) is 5. The molecule has 0 saturated carbocycles. The lowest BCUT2D eigenvalue weighted by atomic mass is 10.2. The number of rotatable bonds is 9. The van der Waals surface area contributed by atoms with E-state index in [0.717, 1.165) is 17.3 Å². The Morgan fingerprint density at radius 3 is 2.70 bits per heavy atom. The molecule has 6 heteroatoms. The van der Waals surface area contributed by atoms with Gasteiger partial charge in [0.1, 0.15) is 11.8 Å². The predicted octanol–water partition coefficient (Wildman–Crippen LogP) is 2.73. The summed E-state index contributed by atoms with van der Waals surface area (Å²) in [5.41, 5.74) is 5.69. The van der Waals surface area contributed by atoms with Crippen LogP contribution in [0.2, 0.25) is 5.02 Å². The third-order valence-electron chi connectivity index (χ3n) is 2.47. The lowest BCUT2D eigenvalue weighted by Crippen LogP contribution is -2.32. The van der Waals surface area contributed by atoms with Crippen molar-refractivity contribution in [2.24, 2.45) is 5.73 Å². The summed E-state index contributed by atoms with van der Waals surface area (Å²) < 4.78 is 10.4. The third kappa shape index (κ3) is 7.03. The zero-order valence-electron chi connectivity index (χ0n) is 11.5. The van der Waals surface area contributed by atoms with Gasteiger partial charge in [-0.25, -0.2) is 0 Å². The zero-order valence-corrected chi connectivity index (χ0v) is 13.1. The maximum atomic E-state index is 11.3. The fraction of sp³-hybridized carbons (Fsp3) is 0.500. The molecule has 1 atom stereocenters. The minimum atomic E-state index is -0.528. The highest BCUT2D eigenvalue weighted by molar-refractivity contribution is 7.99. The molecule has 0 aliphatic rings. The Morgan fingerprint density at radius 2 is 2.05 bits per heavy atom. The van der Waals surface area contributed by atoms with Crippen LogP contribution in [0, 0.1) is 0 Å². The first-order valence-corrected chi connectivity index (χ1v) is 8.05. The first-order chi connectivity index (χ1) is 9.63. The lowest BCUT2D eigenvalue weighted by Gasteiger charge is -2.10. The van der Waals surface area contributed by atoms with Gasteiger partial charge in [0.25, 0.3) is 0 Å². The van der Waals surface area contributed by atoms with Crippen molar-refractivity contribution in [1.29, 1.82) is 0 Å². The molecule has 0 spiro atoms. The summed E-state index contributed by atoms with van der Waals surface area (Å²) >= 11 is 7.48. The number of benzene rings is 1. The number of halogens is 1. The highest BCUT2D eigenvalue weighted by Crippen LogP contribution is 2.15. The van der Waals surface area contributed by atoms with Gasteiger partial charge < -0.3 is 15.2 Å².